The number of halogens is 1. The number of allylic oxidation sites excluding steroid dienone is 2. The first-order valence-corrected chi connectivity index (χ1v) is 12.3. The van der Waals surface area contributed by atoms with Crippen LogP contribution in [0.15, 0.2) is 59.9 Å². The molecule has 1 saturated heterocycles. The molecule has 1 atom stereocenters. The Hall–Kier alpha value is -3.39. The van der Waals surface area contributed by atoms with Crippen molar-refractivity contribution in [2.75, 3.05) is 12.3 Å². The molecule has 1 aromatic carbocycles. The normalized spacial score (nSPS) is 16.4. The first kappa shape index (κ1) is 24.7. The maximum Gasteiger partial charge on any atom is 0.410 e. The molecule has 0 bridgehead atoms. The van der Waals surface area contributed by atoms with E-state index in [-0.39, 0.29) is 12.1 Å². The molecule has 182 valence electrons. The van der Waals surface area contributed by atoms with Gasteiger partial charge in [0, 0.05) is 29.0 Å². The molecule has 0 radical (unpaired) electrons. The summed E-state index contributed by atoms with van der Waals surface area (Å²) in [5.41, 5.74) is 10.6. The van der Waals surface area contributed by atoms with Crippen LogP contribution in [-0.2, 0) is 4.74 Å². The van der Waals surface area contributed by atoms with Crippen molar-refractivity contribution in [1.29, 1.82) is 0 Å². The molecule has 0 saturated carbocycles. The zero-order valence-electron chi connectivity index (χ0n) is 20.2. The molecule has 8 heteroatoms. The molecule has 1 aliphatic heterocycles. The number of rotatable bonds is 5. The van der Waals surface area contributed by atoms with E-state index in [1.54, 1.807) is 17.2 Å². The Bertz CT molecular complexity index is 1260. The first-order valence-electron chi connectivity index (χ1n) is 11.6. The third kappa shape index (κ3) is 5.82. The van der Waals surface area contributed by atoms with Gasteiger partial charge in [0.2, 0.25) is 0 Å². The molecule has 0 aliphatic carbocycles. The van der Waals surface area contributed by atoms with E-state index in [0.717, 1.165) is 45.5 Å². The number of aromatic nitrogens is 3. The Balaban J connectivity index is 1.52. The average molecular weight is 536 g/mol. The number of imidazole rings is 1. The van der Waals surface area contributed by atoms with E-state index in [0.29, 0.717) is 17.9 Å². The lowest BCUT2D eigenvalue weighted by Gasteiger charge is -2.27. The van der Waals surface area contributed by atoms with Gasteiger partial charge in [0.25, 0.3) is 0 Å². The summed E-state index contributed by atoms with van der Waals surface area (Å²) >= 11 is 3.38. The summed E-state index contributed by atoms with van der Waals surface area (Å²) in [6.45, 7) is 10.2. The van der Waals surface area contributed by atoms with Crippen molar-refractivity contribution in [3.8, 4) is 11.3 Å². The van der Waals surface area contributed by atoms with Gasteiger partial charge in [-0.1, -0.05) is 36.9 Å². The second-order valence-corrected chi connectivity index (χ2v) is 10.4. The molecule has 1 aliphatic rings. The number of nitrogens with zero attached hydrogens (tertiary/aromatic N) is 3. The first-order chi connectivity index (χ1) is 16.6. The molecule has 1 amide bonds. The molecular formula is C27H30BrN5O2. The summed E-state index contributed by atoms with van der Waals surface area (Å²) in [5.74, 6) is 0.774. The highest BCUT2D eigenvalue weighted by molar-refractivity contribution is 9.10. The van der Waals surface area contributed by atoms with Crippen LogP contribution in [0, 0.1) is 0 Å². The molecule has 7 nitrogen and oxygen atoms in total. The van der Waals surface area contributed by atoms with Crippen molar-refractivity contribution >= 4 is 39.4 Å². The van der Waals surface area contributed by atoms with Gasteiger partial charge < -0.3 is 15.5 Å². The van der Waals surface area contributed by atoms with Crippen LogP contribution in [0.5, 0.6) is 0 Å². The molecule has 1 fully saturated rings. The fraction of sp³-hybridized carbons (Fsp3) is 0.296. The van der Waals surface area contributed by atoms with Crippen LogP contribution in [0.3, 0.4) is 0 Å². The fourth-order valence-electron chi connectivity index (χ4n) is 4.07. The number of carbonyl (C=O) groups is 1. The van der Waals surface area contributed by atoms with E-state index >= 15 is 0 Å². The van der Waals surface area contributed by atoms with Crippen molar-refractivity contribution in [3.05, 3.63) is 76.9 Å². The van der Waals surface area contributed by atoms with Crippen molar-refractivity contribution < 1.29 is 9.53 Å². The third-order valence-electron chi connectivity index (χ3n) is 5.74. The number of benzene rings is 1. The Morgan fingerprint density at radius 2 is 2.06 bits per heavy atom. The topological polar surface area (TPSA) is 97.1 Å². The maximum absolute atomic E-state index is 12.7. The second-order valence-electron chi connectivity index (χ2n) is 9.51. The summed E-state index contributed by atoms with van der Waals surface area (Å²) < 4.78 is 6.42. The highest BCUT2D eigenvalue weighted by Gasteiger charge is 2.34. The predicted octanol–water partition coefficient (Wildman–Crippen LogP) is 6.62. The number of carbonyl (C=O) groups excluding carboxylic acids is 1. The zero-order valence-corrected chi connectivity index (χ0v) is 21.8. The van der Waals surface area contributed by atoms with Gasteiger partial charge in [-0.2, -0.15) is 0 Å². The van der Waals surface area contributed by atoms with Gasteiger partial charge in [-0.25, -0.2) is 9.78 Å². The molecule has 35 heavy (non-hydrogen) atoms. The number of pyridine rings is 1. The lowest BCUT2D eigenvalue weighted by molar-refractivity contribution is 0.0218. The second kappa shape index (κ2) is 10.1. The number of hydrogen-bond donors (Lipinski definition) is 2. The zero-order chi connectivity index (χ0) is 25.2. The molecule has 3 N–H and O–H groups in total. The quantitative estimate of drug-likeness (QED) is 0.358. The van der Waals surface area contributed by atoms with Crippen LogP contribution in [-0.4, -0.2) is 38.1 Å². The summed E-state index contributed by atoms with van der Waals surface area (Å²) in [5, 5.41) is 0. The van der Waals surface area contributed by atoms with Crippen molar-refractivity contribution in [2.24, 2.45) is 0 Å². The number of ether oxygens (including phenoxy) is 1. The number of amides is 1. The molecule has 0 unspecified atom stereocenters. The van der Waals surface area contributed by atoms with E-state index < -0.39 is 5.60 Å². The lowest BCUT2D eigenvalue weighted by Crippen LogP contribution is -2.36. The average Bonchev–Trinajstić information content (AvgIpc) is 3.47. The van der Waals surface area contributed by atoms with Gasteiger partial charge in [-0.3, -0.25) is 9.88 Å². The predicted molar refractivity (Wildman–Crippen MR) is 143 cm³/mol. The van der Waals surface area contributed by atoms with E-state index in [2.05, 4.69) is 32.5 Å². The van der Waals surface area contributed by atoms with Crippen LogP contribution in [0.4, 0.5) is 10.5 Å². The number of likely N-dealkylation sites (tertiary alicyclic amines) is 1. The van der Waals surface area contributed by atoms with Crippen molar-refractivity contribution in [3.63, 3.8) is 0 Å². The molecule has 0 spiro atoms. The maximum atomic E-state index is 12.7. The number of H-pyrrole nitrogens is 1. The number of nitrogens with one attached hydrogen (secondary N) is 1. The summed E-state index contributed by atoms with van der Waals surface area (Å²) in [6.07, 6.45) is 8.78. The fourth-order valence-corrected chi connectivity index (χ4v) is 4.42. The van der Waals surface area contributed by atoms with Gasteiger partial charge >= 0.3 is 6.09 Å². The van der Waals surface area contributed by atoms with E-state index in [1.165, 1.54) is 0 Å². The van der Waals surface area contributed by atoms with Gasteiger partial charge in [0.15, 0.2) is 0 Å². The van der Waals surface area contributed by atoms with Crippen molar-refractivity contribution in [2.45, 2.75) is 45.3 Å². The molecule has 3 aromatic rings. The Kier molecular flexibility index (Phi) is 7.12. The van der Waals surface area contributed by atoms with Gasteiger partial charge in [0.05, 0.1) is 23.1 Å². The van der Waals surface area contributed by atoms with Gasteiger partial charge in [0.1, 0.15) is 11.4 Å². The molecule has 4 rings (SSSR count). The highest BCUT2D eigenvalue weighted by atomic mass is 79.9. The summed E-state index contributed by atoms with van der Waals surface area (Å²) in [7, 11) is 0. The third-order valence-corrected chi connectivity index (χ3v) is 6.17. The van der Waals surface area contributed by atoms with E-state index in [4.69, 9.17) is 15.5 Å². The van der Waals surface area contributed by atoms with Gasteiger partial charge in [-0.05, 0) is 72.8 Å². The highest BCUT2D eigenvalue weighted by Crippen LogP contribution is 2.33. The minimum Gasteiger partial charge on any atom is -0.444 e. The van der Waals surface area contributed by atoms with Crippen LogP contribution in [0.2, 0.25) is 0 Å². The van der Waals surface area contributed by atoms with Crippen LogP contribution in [0.25, 0.3) is 22.9 Å². The largest absolute Gasteiger partial charge is 0.444 e. The van der Waals surface area contributed by atoms with Gasteiger partial charge in [-0.15, -0.1) is 0 Å². The SMILES string of the molecule is C=C/C(=C\c1ncc(Br)cc1N)c1ccc(-c2c[nH]c([C@@H]3CCCN3C(=O)OC(C)(C)C)n2)cc1. The van der Waals surface area contributed by atoms with E-state index in [1.807, 2.05) is 63.4 Å². The Morgan fingerprint density at radius 1 is 1.31 bits per heavy atom. The van der Waals surface area contributed by atoms with Crippen LogP contribution < -0.4 is 5.73 Å². The summed E-state index contributed by atoms with van der Waals surface area (Å²) in [6, 6.07) is 9.80. The minimum absolute atomic E-state index is 0.114. The molecular weight excluding hydrogens is 506 g/mol. The smallest absolute Gasteiger partial charge is 0.410 e. The number of hydrogen-bond acceptors (Lipinski definition) is 5. The van der Waals surface area contributed by atoms with Crippen LogP contribution >= 0.6 is 15.9 Å². The Labute approximate surface area is 214 Å². The minimum atomic E-state index is -0.530. The van der Waals surface area contributed by atoms with E-state index in [9.17, 15) is 4.79 Å². The van der Waals surface area contributed by atoms with Crippen molar-refractivity contribution in [1.82, 2.24) is 19.9 Å². The molecule has 2 aromatic heterocycles. The number of anilines is 1. The lowest BCUT2D eigenvalue weighted by atomic mass is 10.0. The van der Waals surface area contributed by atoms with Crippen LogP contribution in [0.1, 0.15) is 56.7 Å². The number of nitrogen functional groups attached to an aromatic ring is 1. The number of aromatic amines is 1. The Morgan fingerprint density at radius 3 is 2.71 bits per heavy atom. The standard InChI is InChI=1S/C27H30BrN5O2/c1-5-17(13-22-21(29)14-20(28)15-30-22)18-8-10-19(11-9-18)23-16-31-25(32-23)24-7-6-12-33(24)26(34)35-27(2,3)4/h5,8-11,13-16,24H,1,6-7,12,29H2,2-4H3,(H,31,32)/b17-13+/t24-/m0/s1. The summed E-state index contributed by atoms with van der Waals surface area (Å²) in [4.78, 5) is 26.9. The molecule has 3 heterocycles. The monoisotopic (exact) mass is 535 g/mol. The number of nitrogens with two attached hydrogens (primary N) is 1.